The molecule has 2 aliphatic heterocycles. The molecule has 344 valence electrons. The first-order chi connectivity index (χ1) is 32.7. The Labute approximate surface area is 405 Å². The number of aromatic nitrogens is 3. The molecular weight excluding hydrogens is 844 g/mol. The van der Waals surface area contributed by atoms with Crippen molar-refractivity contribution in [2.75, 3.05) is 0 Å². The van der Waals surface area contributed by atoms with Crippen molar-refractivity contribution in [3.63, 3.8) is 0 Å². The highest BCUT2D eigenvalue weighted by atomic mass is 16.1. The Hall–Kier alpha value is -5.88. The third-order valence-corrected chi connectivity index (χ3v) is 20.1. The maximum Gasteiger partial charge on any atom is 0.340 e. The van der Waals surface area contributed by atoms with Crippen LogP contribution in [0.1, 0.15) is 150 Å². The first kappa shape index (κ1) is 42.0. The first-order valence-electron chi connectivity index (χ1n) is 25.9. The lowest BCUT2D eigenvalue weighted by atomic mass is 9.30. The lowest BCUT2D eigenvalue weighted by molar-refractivity contribution is 0.188. The van der Waals surface area contributed by atoms with Crippen molar-refractivity contribution in [2.24, 2.45) is 0 Å². The Morgan fingerprint density at radius 3 is 1.14 bits per heavy atom. The van der Waals surface area contributed by atoms with Crippen LogP contribution < -0.4 is 49.3 Å². The van der Waals surface area contributed by atoms with Crippen LogP contribution in [0.4, 0.5) is 0 Å². The van der Waals surface area contributed by atoms with E-state index in [-0.39, 0.29) is 43.6 Å². The highest BCUT2D eigenvalue weighted by Crippen LogP contribution is 2.58. The maximum atomic E-state index is 16.9. The van der Waals surface area contributed by atoms with Crippen molar-refractivity contribution >= 4 is 79.3 Å². The number of hydrogen-bond acceptors (Lipinski definition) is 3. The molecule has 6 aliphatic carbocycles. The van der Waals surface area contributed by atoms with Gasteiger partial charge in [-0.25, -0.2) is 13.6 Å². The predicted molar refractivity (Wildman–Crippen MR) is 288 cm³/mol. The molecule has 0 amide bonds. The average Bonchev–Trinajstić information content (AvgIpc) is 3.30. The molecule has 0 atom stereocenters. The normalized spacial score (nSPS) is 24.9. The second-order valence-corrected chi connectivity index (χ2v) is 25.2. The van der Waals surface area contributed by atoms with Crippen LogP contribution in [0.2, 0.25) is 0 Å². The van der Waals surface area contributed by atoms with Gasteiger partial charge >= 0.3 is 5.69 Å². The summed E-state index contributed by atoms with van der Waals surface area (Å²) in [6, 6.07) is 26.6. The summed E-state index contributed by atoms with van der Waals surface area (Å²) >= 11 is 0. The molecule has 8 heteroatoms. The summed E-state index contributed by atoms with van der Waals surface area (Å²) in [7, 11) is 0. The second kappa shape index (κ2) is 12.9. The van der Waals surface area contributed by atoms with Gasteiger partial charge in [-0.2, -0.15) is 0 Å². The van der Waals surface area contributed by atoms with Gasteiger partial charge in [0, 0.05) is 27.4 Å². The van der Waals surface area contributed by atoms with Gasteiger partial charge in [0.1, 0.15) is 11.3 Å². The van der Waals surface area contributed by atoms with E-state index in [0.717, 1.165) is 107 Å². The van der Waals surface area contributed by atoms with Crippen LogP contribution in [0.25, 0.3) is 38.8 Å². The minimum absolute atomic E-state index is 0.0238. The van der Waals surface area contributed by atoms with Gasteiger partial charge in [-0.05, 0) is 169 Å². The number of benzene rings is 5. The Morgan fingerprint density at radius 2 is 0.812 bits per heavy atom. The van der Waals surface area contributed by atoms with Crippen molar-refractivity contribution in [3.05, 3.63) is 154 Å². The van der Waals surface area contributed by atoms with Crippen LogP contribution in [-0.4, -0.2) is 26.8 Å². The minimum Gasteiger partial charge on any atom is -0.290 e. The molecule has 0 radical (unpaired) electrons. The van der Waals surface area contributed by atoms with Gasteiger partial charge < -0.3 is 0 Å². The van der Waals surface area contributed by atoms with Crippen LogP contribution in [-0.2, 0) is 27.1 Å². The smallest absolute Gasteiger partial charge is 0.290 e. The number of hydrogen-bond donors (Lipinski definition) is 0. The summed E-state index contributed by atoms with van der Waals surface area (Å²) in [5.41, 5.74) is 19.1. The zero-order chi connectivity index (χ0) is 48.0. The van der Waals surface area contributed by atoms with Gasteiger partial charge in [-0.15, -0.1) is 0 Å². The quantitative estimate of drug-likeness (QED) is 0.101. The molecule has 5 heterocycles. The molecule has 69 heavy (non-hydrogen) atoms. The van der Waals surface area contributed by atoms with Crippen LogP contribution in [0.5, 0.6) is 0 Å². The molecule has 8 aliphatic rings. The largest absolute Gasteiger partial charge is 0.340 e. The molecule has 2 fully saturated rings. The van der Waals surface area contributed by atoms with Gasteiger partial charge in [0.05, 0.1) is 11.0 Å². The molecule has 4 bridgehead atoms. The third-order valence-electron chi connectivity index (χ3n) is 20.1. The van der Waals surface area contributed by atoms with Crippen molar-refractivity contribution in [1.29, 1.82) is 0 Å². The van der Waals surface area contributed by atoms with Crippen molar-refractivity contribution in [3.8, 4) is 5.69 Å². The first-order valence-corrected chi connectivity index (χ1v) is 25.9. The van der Waals surface area contributed by atoms with Crippen LogP contribution in [0, 0.1) is 27.7 Å². The fourth-order valence-electron chi connectivity index (χ4n) is 15.7. The zero-order valence-corrected chi connectivity index (χ0v) is 42.3. The molecule has 6 nitrogen and oxygen atoms in total. The van der Waals surface area contributed by atoms with E-state index >= 15 is 14.4 Å². The minimum atomic E-state index is -0.479. The number of nitrogens with zero attached hydrogens (tertiary/aromatic N) is 3. The molecule has 8 aromatic rings. The topological polar surface area (TPSA) is 65.0 Å². The highest BCUT2D eigenvalue weighted by Gasteiger charge is 2.52. The van der Waals surface area contributed by atoms with Crippen LogP contribution in [0.3, 0.4) is 0 Å². The highest BCUT2D eigenvalue weighted by molar-refractivity contribution is 7.02. The summed E-state index contributed by atoms with van der Waals surface area (Å²) in [5.74, 6) is 0. The Kier molecular flexibility index (Phi) is 7.86. The predicted octanol–water partition coefficient (Wildman–Crippen LogP) is 7.77. The monoisotopic (exact) mass is 905 g/mol. The van der Waals surface area contributed by atoms with E-state index in [1.54, 1.807) is 0 Å². The fourth-order valence-corrected chi connectivity index (χ4v) is 15.7. The standard InChI is InChI=1S/C61H61B2N3O3/c1-32-14-12-15-33(2)47(32)62-43-26-36(57(5,6)7)27-44-51(43)66-54-49(62)52(67)37-28-39-41(60(10)22-18-58(39,8)19-23-60)30-45(37)64(54)56(69)65-46-31-42-40(59(9)20-24-61(42,11)25-21-59)29-38(46)53(68)50(55(65)66)63(44)48-34(3)16-13-17-35(48)4/h12-17,26-31H,18-25H2,1-11H3. The lowest BCUT2D eigenvalue weighted by Gasteiger charge is -2.52. The summed E-state index contributed by atoms with van der Waals surface area (Å²) in [6.45, 7) is 24.1. The molecule has 0 saturated heterocycles. The summed E-state index contributed by atoms with van der Waals surface area (Å²) < 4.78 is 6.14. The van der Waals surface area contributed by atoms with Gasteiger partial charge in [-0.3, -0.25) is 14.2 Å². The third kappa shape index (κ3) is 4.99. The summed E-state index contributed by atoms with van der Waals surface area (Å²) in [5, 5.41) is 1.22. The Bertz CT molecular complexity index is 3690. The Balaban J connectivity index is 1.31. The van der Waals surface area contributed by atoms with Crippen molar-refractivity contribution in [2.45, 2.75) is 155 Å². The molecule has 0 N–H and O–H groups in total. The molecule has 5 aromatic carbocycles. The van der Waals surface area contributed by atoms with Gasteiger partial charge in [0.2, 0.25) is 0 Å². The van der Waals surface area contributed by atoms with E-state index in [1.807, 2.05) is 8.80 Å². The SMILES string of the molecule is Cc1cccc(C)c1B1c2cc(C(C)(C)C)cc3c2-n2c4c1c(=O)c1cc5c(cc1n4c(=O)n1c4cc6c(cc4c(=O)c(c21)B3c1c(C)cccc1C)C1(C)CCC6(C)CC1)C1(C)CCC5(C)CC1. The molecule has 0 unspecified atom stereocenters. The van der Waals surface area contributed by atoms with Crippen molar-refractivity contribution < 1.29 is 0 Å². The van der Waals surface area contributed by atoms with E-state index in [0.29, 0.717) is 44.0 Å². The van der Waals surface area contributed by atoms with E-state index in [9.17, 15) is 0 Å². The summed E-state index contributed by atoms with van der Waals surface area (Å²) in [6.07, 6.45) is 8.68. The number of rotatable bonds is 2. The van der Waals surface area contributed by atoms with Crippen molar-refractivity contribution in [1.82, 2.24) is 13.4 Å². The van der Waals surface area contributed by atoms with E-state index < -0.39 is 13.4 Å². The zero-order valence-electron chi connectivity index (χ0n) is 42.3. The van der Waals surface area contributed by atoms with Gasteiger partial charge in [0.15, 0.2) is 10.9 Å². The summed E-state index contributed by atoms with van der Waals surface area (Å²) in [4.78, 5) is 49.7. The number of pyridine rings is 2. The van der Waals surface area contributed by atoms with E-state index in [4.69, 9.17) is 0 Å². The molecule has 16 rings (SSSR count). The van der Waals surface area contributed by atoms with Crippen LogP contribution >= 0.6 is 0 Å². The molecular formula is C61H61B2N3O3. The lowest BCUT2D eigenvalue weighted by Crippen LogP contribution is -2.70. The average molecular weight is 906 g/mol. The second-order valence-electron chi connectivity index (χ2n) is 25.2. The Morgan fingerprint density at radius 1 is 0.478 bits per heavy atom. The molecule has 3 aromatic heterocycles. The van der Waals surface area contributed by atoms with Crippen LogP contribution in [0.15, 0.2) is 87.2 Å². The van der Waals surface area contributed by atoms with Gasteiger partial charge in [-0.1, -0.05) is 130 Å². The maximum absolute atomic E-state index is 16.9. The fraction of sp³-hybridized carbons (Fsp3) is 0.393. The molecule has 2 saturated carbocycles. The van der Waals surface area contributed by atoms with E-state index in [2.05, 4.69) is 154 Å². The number of aryl methyl sites for hydroxylation is 4. The van der Waals surface area contributed by atoms with E-state index in [1.165, 1.54) is 22.3 Å². The number of fused-ring (bicyclic) bond motifs is 8. The van der Waals surface area contributed by atoms with Gasteiger partial charge in [0.25, 0.3) is 13.4 Å². The molecule has 0 spiro atoms.